The number of hydrogen-bond donors (Lipinski definition) is 5. The van der Waals surface area contributed by atoms with Gasteiger partial charge in [0, 0.05) is 43.1 Å². The molecule has 28 heavy (non-hydrogen) atoms. The fourth-order valence-corrected chi connectivity index (χ4v) is 4.27. The molecule has 6 N–H and O–H groups in total. The van der Waals surface area contributed by atoms with E-state index in [1.807, 2.05) is 19.9 Å². The highest BCUT2D eigenvalue weighted by Crippen LogP contribution is 2.29. The second kappa shape index (κ2) is 9.85. The molecule has 1 aliphatic heterocycles. The molecular weight excluding hydrogens is 358 g/mol. The van der Waals surface area contributed by atoms with Gasteiger partial charge in [0.25, 0.3) is 0 Å². The molecule has 1 saturated carbocycles. The third-order valence-electron chi connectivity index (χ3n) is 6.16. The molecular formula is C21H37N3O4. The minimum atomic E-state index is -1.99. The summed E-state index contributed by atoms with van der Waals surface area (Å²) in [5.74, 6) is -0.299. The largest absolute Gasteiger partial charge is 0.479 e. The first-order valence-electron chi connectivity index (χ1n) is 10.6. The number of amides is 1. The Morgan fingerprint density at radius 2 is 1.96 bits per heavy atom. The number of aliphatic carboxylic acids is 1. The van der Waals surface area contributed by atoms with Gasteiger partial charge < -0.3 is 26.6 Å². The van der Waals surface area contributed by atoms with Gasteiger partial charge in [0.05, 0.1) is 0 Å². The van der Waals surface area contributed by atoms with Gasteiger partial charge in [-0.15, -0.1) is 0 Å². The Morgan fingerprint density at radius 3 is 2.54 bits per heavy atom. The van der Waals surface area contributed by atoms with Crippen molar-refractivity contribution in [2.45, 2.75) is 83.4 Å². The van der Waals surface area contributed by atoms with Gasteiger partial charge in [0.15, 0.2) is 5.60 Å². The average molecular weight is 396 g/mol. The van der Waals surface area contributed by atoms with E-state index in [-0.39, 0.29) is 30.2 Å². The van der Waals surface area contributed by atoms with Crippen LogP contribution in [0, 0.1) is 17.8 Å². The molecule has 1 unspecified atom stereocenters. The molecule has 1 fully saturated rings. The van der Waals surface area contributed by atoms with Crippen molar-refractivity contribution in [3.8, 4) is 0 Å². The summed E-state index contributed by atoms with van der Waals surface area (Å²) in [6, 6.07) is -1.11. The van der Waals surface area contributed by atoms with Gasteiger partial charge in [0.2, 0.25) is 5.91 Å². The maximum absolute atomic E-state index is 12.6. The number of carboxylic acid groups (broad SMARTS) is 1. The molecule has 0 aromatic heterocycles. The molecule has 0 spiro atoms. The first kappa shape index (κ1) is 22.8. The summed E-state index contributed by atoms with van der Waals surface area (Å²) >= 11 is 0. The van der Waals surface area contributed by atoms with Gasteiger partial charge in [-0.25, -0.2) is 4.79 Å². The molecule has 0 aromatic carbocycles. The van der Waals surface area contributed by atoms with E-state index in [1.54, 1.807) is 0 Å². The number of rotatable bonds is 8. The summed E-state index contributed by atoms with van der Waals surface area (Å²) in [5, 5.41) is 26.6. The number of hydrogen-bond acceptors (Lipinski definition) is 5. The van der Waals surface area contributed by atoms with Gasteiger partial charge >= 0.3 is 5.97 Å². The molecule has 0 radical (unpaired) electrons. The van der Waals surface area contributed by atoms with Crippen molar-refractivity contribution in [3.05, 3.63) is 11.8 Å². The monoisotopic (exact) mass is 395 g/mol. The minimum absolute atomic E-state index is 0.00434. The van der Waals surface area contributed by atoms with Crippen LogP contribution in [-0.2, 0) is 9.59 Å². The molecule has 160 valence electrons. The fraction of sp³-hybridized carbons (Fsp3) is 0.810. The van der Waals surface area contributed by atoms with E-state index >= 15 is 0 Å². The van der Waals surface area contributed by atoms with Crippen LogP contribution in [0.25, 0.3) is 0 Å². The lowest BCUT2D eigenvalue weighted by molar-refractivity contribution is -0.163. The number of nitrogens with one attached hydrogen (secondary N) is 2. The first-order chi connectivity index (χ1) is 13.1. The zero-order chi connectivity index (χ0) is 20.9. The summed E-state index contributed by atoms with van der Waals surface area (Å²) in [5.41, 5.74) is 4.86. The normalized spacial score (nSPS) is 28.9. The summed E-state index contributed by atoms with van der Waals surface area (Å²) in [6.07, 6.45) is 6.84. The fourth-order valence-electron chi connectivity index (χ4n) is 4.27. The van der Waals surface area contributed by atoms with Crippen LogP contribution in [0.15, 0.2) is 11.8 Å². The molecule has 0 saturated heterocycles. The molecule has 1 aliphatic carbocycles. The standard InChI is InChI=1S/C21H37N3O4/c1-13(2)10-18(22)21(28,20(26)27)12-17-11-16(8-9-23-17)24-19(25)15-6-4-14(3)5-7-15/h8,13-15,17-18,23,28H,4-7,9-12,22H2,1-3H3,(H,24,25)(H,26,27)/t14?,15?,17?,18-,21+/m0/s1. The molecule has 2 rings (SSSR count). The van der Waals surface area contributed by atoms with Gasteiger partial charge in [-0.05, 0) is 43.9 Å². The summed E-state index contributed by atoms with van der Waals surface area (Å²) < 4.78 is 0. The number of carbonyl (C=O) groups is 2. The first-order valence-corrected chi connectivity index (χ1v) is 10.6. The highest BCUT2D eigenvalue weighted by Gasteiger charge is 2.44. The van der Waals surface area contributed by atoms with Crippen molar-refractivity contribution in [1.82, 2.24) is 10.6 Å². The SMILES string of the molecule is CC(C)C[C@H](N)[C@](O)(CC1CC(NC(=O)C2CCC(C)CC2)=CCN1)C(=O)O. The molecule has 0 bridgehead atoms. The van der Waals surface area contributed by atoms with E-state index in [0.717, 1.165) is 31.4 Å². The van der Waals surface area contributed by atoms with Crippen molar-refractivity contribution >= 4 is 11.9 Å². The van der Waals surface area contributed by atoms with Crippen molar-refractivity contribution in [1.29, 1.82) is 0 Å². The predicted molar refractivity (Wildman–Crippen MR) is 108 cm³/mol. The lowest BCUT2D eigenvalue weighted by atomic mass is 9.81. The van der Waals surface area contributed by atoms with E-state index in [9.17, 15) is 19.8 Å². The van der Waals surface area contributed by atoms with Crippen LogP contribution in [0.3, 0.4) is 0 Å². The van der Waals surface area contributed by atoms with Crippen LogP contribution in [0.2, 0.25) is 0 Å². The van der Waals surface area contributed by atoms with Gasteiger partial charge in [-0.1, -0.05) is 26.8 Å². The minimum Gasteiger partial charge on any atom is -0.479 e. The van der Waals surface area contributed by atoms with Crippen molar-refractivity contribution in [2.75, 3.05) is 6.54 Å². The Balaban J connectivity index is 1.94. The Morgan fingerprint density at radius 1 is 1.32 bits per heavy atom. The molecule has 7 nitrogen and oxygen atoms in total. The van der Waals surface area contributed by atoms with Crippen LogP contribution in [0.1, 0.15) is 65.7 Å². The van der Waals surface area contributed by atoms with Crippen LogP contribution in [-0.4, -0.2) is 46.3 Å². The van der Waals surface area contributed by atoms with E-state index < -0.39 is 17.6 Å². The van der Waals surface area contributed by atoms with E-state index in [2.05, 4.69) is 17.6 Å². The lowest BCUT2D eigenvalue weighted by Crippen LogP contribution is -2.58. The zero-order valence-corrected chi connectivity index (χ0v) is 17.4. The van der Waals surface area contributed by atoms with E-state index in [0.29, 0.717) is 25.3 Å². The van der Waals surface area contributed by atoms with E-state index in [1.165, 1.54) is 0 Å². The van der Waals surface area contributed by atoms with Gasteiger partial charge in [-0.2, -0.15) is 0 Å². The Labute approximate surface area is 168 Å². The summed E-state index contributed by atoms with van der Waals surface area (Å²) in [4.78, 5) is 24.3. The topological polar surface area (TPSA) is 125 Å². The number of nitrogens with two attached hydrogens (primary N) is 1. The maximum Gasteiger partial charge on any atom is 0.337 e. The Kier molecular flexibility index (Phi) is 8.04. The molecule has 3 atom stereocenters. The number of aliphatic hydroxyl groups is 1. The number of carbonyl (C=O) groups excluding carboxylic acids is 1. The summed E-state index contributed by atoms with van der Waals surface area (Å²) in [6.45, 7) is 6.64. The van der Waals surface area contributed by atoms with Crippen LogP contribution < -0.4 is 16.4 Å². The predicted octanol–water partition coefficient (Wildman–Crippen LogP) is 1.75. The Bertz CT molecular complexity index is 584. The van der Waals surface area contributed by atoms with Crippen LogP contribution in [0.4, 0.5) is 0 Å². The van der Waals surface area contributed by atoms with E-state index in [4.69, 9.17) is 5.73 Å². The molecule has 1 amide bonds. The van der Waals surface area contributed by atoms with Crippen LogP contribution >= 0.6 is 0 Å². The quantitative estimate of drug-likeness (QED) is 0.426. The van der Waals surface area contributed by atoms with Crippen molar-refractivity contribution in [2.24, 2.45) is 23.5 Å². The molecule has 0 aromatic rings. The smallest absolute Gasteiger partial charge is 0.337 e. The average Bonchev–Trinajstić information content (AvgIpc) is 2.61. The second-order valence-corrected chi connectivity index (χ2v) is 9.15. The third kappa shape index (κ3) is 6.03. The van der Waals surface area contributed by atoms with Gasteiger partial charge in [0.1, 0.15) is 0 Å². The van der Waals surface area contributed by atoms with Crippen molar-refractivity contribution in [3.63, 3.8) is 0 Å². The third-order valence-corrected chi connectivity index (χ3v) is 6.16. The molecule has 2 aliphatic rings. The zero-order valence-electron chi connectivity index (χ0n) is 17.4. The molecule has 1 heterocycles. The number of carboxylic acids is 1. The van der Waals surface area contributed by atoms with Crippen LogP contribution in [0.5, 0.6) is 0 Å². The van der Waals surface area contributed by atoms with Crippen molar-refractivity contribution < 1.29 is 19.8 Å². The van der Waals surface area contributed by atoms with Gasteiger partial charge in [-0.3, -0.25) is 4.79 Å². The lowest BCUT2D eigenvalue weighted by Gasteiger charge is -2.36. The highest BCUT2D eigenvalue weighted by atomic mass is 16.4. The molecule has 7 heteroatoms. The Hall–Kier alpha value is -1.44. The summed E-state index contributed by atoms with van der Waals surface area (Å²) in [7, 11) is 0. The second-order valence-electron chi connectivity index (χ2n) is 9.15. The highest BCUT2D eigenvalue weighted by molar-refractivity contribution is 5.80. The maximum atomic E-state index is 12.6.